The van der Waals surface area contributed by atoms with Gasteiger partial charge in [-0.1, -0.05) is 0 Å². The zero-order valence-electron chi connectivity index (χ0n) is 13.6. The number of aromatic nitrogens is 3. The van der Waals surface area contributed by atoms with Crippen molar-refractivity contribution in [1.82, 2.24) is 15.0 Å². The van der Waals surface area contributed by atoms with E-state index >= 15 is 0 Å². The minimum atomic E-state index is 0.832. The molecule has 0 saturated carbocycles. The average Bonchev–Trinajstić information content (AvgIpc) is 2.93. The summed E-state index contributed by atoms with van der Waals surface area (Å²) in [6.07, 6.45) is 0. The van der Waals surface area contributed by atoms with Crippen molar-refractivity contribution in [2.45, 2.75) is 13.8 Å². The van der Waals surface area contributed by atoms with Crippen molar-refractivity contribution in [1.29, 1.82) is 0 Å². The van der Waals surface area contributed by atoms with E-state index in [1.807, 2.05) is 38.9 Å². The highest BCUT2D eigenvalue weighted by Crippen LogP contribution is 2.23. The first kappa shape index (κ1) is 15.0. The van der Waals surface area contributed by atoms with Crippen molar-refractivity contribution in [3.05, 3.63) is 22.8 Å². The van der Waals surface area contributed by atoms with Gasteiger partial charge in [0.05, 0.1) is 5.69 Å². The second-order valence-electron chi connectivity index (χ2n) is 5.81. The fourth-order valence-corrected chi connectivity index (χ4v) is 3.35. The minimum Gasteiger partial charge on any atom is -0.363 e. The Morgan fingerprint density at radius 1 is 0.955 bits per heavy atom. The molecule has 3 rings (SSSR count). The maximum absolute atomic E-state index is 4.67. The standard InChI is InChI=1S/C15H22N6S/c1-11-9-13(19(3)4)18-14(16-11)20-5-7-21(8-6-20)15-17-12(2)10-22-15/h9-10H,5-8H2,1-4H3. The van der Waals surface area contributed by atoms with E-state index in [0.717, 1.165) is 54.5 Å². The maximum atomic E-state index is 4.67. The second kappa shape index (κ2) is 6.08. The smallest absolute Gasteiger partial charge is 0.227 e. The van der Waals surface area contributed by atoms with Gasteiger partial charge in [-0.15, -0.1) is 11.3 Å². The molecule has 0 atom stereocenters. The first-order valence-electron chi connectivity index (χ1n) is 7.48. The van der Waals surface area contributed by atoms with Crippen LogP contribution in [0.3, 0.4) is 0 Å². The van der Waals surface area contributed by atoms with Crippen LogP contribution in [-0.2, 0) is 0 Å². The molecule has 1 fully saturated rings. The van der Waals surface area contributed by atoms with Gasteiger partial charge in [-0.3, -0.25) is 0 Å². The number of hydrogen-bond donors (Lipinski definition) is 0. The number of aryl methyl sites for hydroxylation is 2. The number of nitrogens with zero attached hydrogens (tertiary/aromatic N) is 6. The van der Waals surface area contributed by atoms with Crippen LogP contribution in [0.4, 0.5) is 16.9 Å². The molecule has 22 heavy (non-hydrogen) atoms. The van der Waals surface area contributed by atoms with Crippen molar-refractivity contribution >= 4 is 28.2 Å². The Labute approximate surface area is 135 Å². The van der Waals surface area contributed by atoms with Crippen molar-refractivity contribution < 1.29 is 0 Å². The first-order chi connectivity index (χ1) is 10.5. The van der Waals surface area contributed by atoms with E-state index in [1.165, 1.54) is 0 Å². The highest BCUT2D eigenvalue weighted by atomic mass is 32.1. The summed E-state index contributed by atoms with van der Waals surface area (Å²) in [6, 6.07) is 2.01. The SMILES string of the molecule is Cc1cc(N(C)C)nc(N2CCN(c3nc(C)cs3)CC2)n1. The summed E-state index contributed by atoms with van der Waals surface area (Å²) in [4.78, 5) is 20.5. The summed E-state index contributed by atoms with van der Waals surface area (Å²) in [6.45, 7) is 7.83. The van der Waals surface area contributed by atoms with Gasteiger partial charge in [0.15, 0.2) is 5.13 Å². The van der Waals surface area contributed by atoms with Crippen molar-refractivity contribution in [2.24, 2.45) is 0 Å². The Balaban J connectivity index is 1.71. The lowest BCUT2D eigenvalue weighted by molar-refractivity contribution is 0.637. The third-order valence-corrected chi connectivity index (χ3v) is 4.75. The fourth-order valence-electron chi connectivity index (χ4n) is 2.49. The second-order valence-corrected chi connectivity index (χ2v) is 6.64. The van der Waals surface area contributed by atoms with Gasteiger partial charge >= 0.3 is 0 Å². The summed E-state index contributed by atoms with van der Waals surface area (Å²) >= 11 is 1.72. The molecule has 118 valence electrons. The largest absolute Gasteiger partial charge is 0.363 e. The van der Waals surface area contributed by atoms with Crippen LogP contribution < -0.4 is 14.7 Å². The average molecular weight is 318 g/mol. The van der Waals surface area contributed by atoms with E-state index in [-0.39, 0.29) is 0 Å². The van der Waals surface area contributed by atoms with Crippen LogP contribution in [0.25, 0.3) is 0 Å². The zero-order chi connectivity index (χ0) is 15.7. The molecule has 0 aliphatic carbocycles. The number of thiazole rings is 1. The van der Waals surface area contributed by atoms with Gasteiger partial charge in [0.25, 0.3) is 0 Å². The van der Waals surface area contributed by atoms with Crippen LogP contribution in [0, 0.1) is 13.8 Å². The summed E-state index contributed by atoms with van der Waals surface area (Å²) in [5.74, 6) is 1.79. The number of hydrogen-bond acceptors (Lipinski definition) is 7. The molecule has 1 aliphatic rings. The van der Waals surface area contributed by atoms with Gasteiger partial charge in [0, 0.05) is 57.4 Å². The molecule has 0 radical (unpaired) electrons. The van der Waals surface area contributed by atoms with Crippen LogP contribution in [0.15, 0.2) is 11.4 Å². The quantitative estimate of drug-likeness (QED) is 0.862. The topological polar surface area (TPSA) is 48.4 Å². The Kier molecular flexibility index (Phi) is 4.15. The summed E-state index contributed by atoms with van der Waals surface area (Å²) in [7, 11) is 4.02. The normalized spacial score (nSPS) is 15.3. The molecule has 1 aliphatic heterocycles. The lowest BCUT2D eigenvalue weighted by atomic mass is 10.3. The van der Waals surface area contributed by atoms with Gasteiger partial charge in [-0.2, -0.15) is 4.98 Å². The van der Waals surface area contributed by atoms with Crippen molar-refractivity contribution in [2.75, 3.05) is 55.0 Å². The van der Waals surface area contributed by atoms with Crippen LogP contribution in [-0.4, -0.2) is 55.2 Å². The third-order valence-electron chi connectivity index (χ3n) is 3.73. The van der Waals surface area contributed by atoms with E-state index in [4.69, 9.17) is 0 Å². The summed E-state index contributed by atoms with van der Waals surface area (Å²) in [5.41, 5.74) is 2.10. The van der Waals surface area contributed by atoms with E-state index in [1.54, 1.807) is 11.3 Å². The molecule has 2 aromatic heterocycles. The van der Waals surface area contributed by atoms with Crippen LogP contribution in [0.1, 0.15) is 11.4 Å². The molecule has 0 amide bonds. The van der Waals surface area contributed by atoms with Gasteiger partial charge < -0.3 is 14.7 Å². The molecule has 1 saturated heterocycles. The number of rotatable bonds is 3. The summed E-state index contributed by atoms with van der Waals surface area (Å²) < 4.78 is 0. The minimum absolute atomic E-state index is 0.832. The molecule has 0 spiro atoms. The van der Waals surface area contributed by atoms with E-state index < -0.39 is 0 Å². The van der Waals surface area contributed by atoms with Gasteiger partial charge in [-0.05, 0) is 13.8 Å². The monoisotopic (exact) mass is 318 g/mol. The lowest BCUT2D eigenvalue weighted by Crippen LogP contribution is -2.47. The first-order valence-corrected chi connectivity index (χ1v) is 8.36. The Morgan fingerprint density at radius 2 is 1.64 bits per heavy atom. The fraction of sp³-hybridized carbons (Fsp3) is 0.533. The molecule has 0 N–H and O–H groups in total. The Hall–Kier alpha value is -1.89. The molecular weight excluding hydrogens is 296 g/mol. The summed E-state index contributed by atoms with van der Waals surface area (Å²) in [5, 5.41) is 3.23. The molecular formula is C15H22N6S. The van der Waals surface area contributed by atoms with E-state index in [0.29, 0.717) is 0 Å². The molecule has 0 unspecified atom stereocenters. The van der Waals surface area contributed by atoms with Gasteiger partial charge in [-0.25, -0.2) is 9.97 Å². The Morgan fingerprint density at radius 3 is 2.23 bits per heavy atom. The molecule has 7 heteroatoms. The highest BCUT2D eigenvalue weighted by Gasteiger charge is 2.21. The predicted molar refractivity (Wildman–Crippen MR) is 92.4 cm³/mol. The number of piperazine rings is 1. The van der Waals surface area contributed by atoms with Crippen LogP contribution in [0.5, 0.6) is 0 Å². The van der Waals surface area contributed by atoms with Crippen LogP contribution in [0.2, 0.25) is 0 Å². The van der Waals surface area contributed by atoms with E-state index in [9.17, 15) is 0 Å². The molecule has 0 bridgehead atoms. The van der Waals surface area contributed by atoms with Crippen molar-refractivity contribution in [3.8, 4) is 0 Å². The predicted octanol–water partition coefficient (Wildman–Crippen LogP) is 1.94. The molecule has 3 heterocycles. The van der Waals surface area contributed by atoms with Gasteiger partial charge in [0.2, 0.25) is 5.95 Å². The van der Waals surface area contributed by atoms with Gasteiger partial charge in [0.1, 0.15) is 5.82 Å². The lowest BCUT2D eigenvalue weighted by Gasteiger charge is -2.34. The number of anilines is 3. The molecule has 2 aromatic rings. The Bertz CT molecular complexity index is 645. The van der Waals surface area contributed by atoms with E-state index in [2.05, 4.69) is 30.1 Å². The highest BCUT2D eigenvalue weighted by molar-refractivity contribution is 7.13. The molecule has 0 aromatic carbocycles. The molecule has 6 nitrogen and oxygen atoms in total. The van der Waals surface area contributed by atoms with Crippen molar-refractivity contribution in [3.63, 3.8) is 0 Å². The van der Waals surface area contributed by atoms with Crippen LogP contribution >= 0.6 is 11.3 Å². The maximum Gasteiger partial charge on any atom is 0.227 e. The zero-order valence-corrected chi connectivity index (χ0v) is 14.4. The third kappa shape index (κ3) is 3.14.